The molecule has 0 aliphatic rings. The maximum atomic E-state index is 11.8. The van der Waals surface area contributed by atoms with Crippen LogP contribution in [0.15, 0.2) is 24.3 Å². The monoisotopic (exact) mass is 264 g/mol. The van der Waals surface area contributed by atoms with E-state index < -0.39 is 0 Å². The number of hydrogen-bond donors (Lipinski definition) is 2. The van der Waals surface area contributed by atoms with E-state index in [0.29, 0.717) is 19.1 Å². The lowest BCUT2D eigenvalue weighted by Gasteiger charge is -2.09. The van der Waals surface area contributed by atoms with Gasteiger partial charge in [0.15, 0.2) is 0 Å². The van der Waals surface area contributed by atoms with E-state index in [0.717, 1.165) is 24.2 Å². The summed E-state index contributed by atoms with van der Waals surface area (Å²) in [6.07, 6.45) is 1.38. The highest BCUT2D eigenvalue weighted by Crippen LogP contribution is 2.11. The molecule has 1 rings (SSSR count). The highest BCUT2D eigenvalue weighted by atomic mass is 16.5. The lowest BCUT2D eigenvalue weighted by atomic mass is 10.2. The second kappa shape index (κ2) is 8.67. The third kappa shape index (κ3) is 6.94. The molecule has 2 N–H and O–H groups in total. The summed E-state index contributed by atoms with van der Waals surface area (Å²) in [5.74, 6) is 0.0557. The van der Waals surface area contributed by atoms with Gasteiger partial charge in [0.1, 0.15) is 0 Å². The molecule has 0 aromatic heterocycles. The number of benzene rings is 1. The van der Waals surface area contributed by atoms with Gasteiger partial charge in [0.25, 0.3) is 0 Å². The average Bonchev–Trinajstić information content (AvgIpc) is 2.35. The van der Waals surface area contributed by atoms with Crippen molar-refractivity contribution in [1.82, 2.24) is 5.32 Å². The summed E-state index contributed by atoms with van der Waals surface area (Å²) in [6.45, 7) is 5.62. The summed E-state index contributed by atoms with van der Waals surface area (Å²) < 4.78 is 5.07. The molecule has 0 saturated carbocycles. The summed E-state index contributed by atoms with van der Waals surface area (Å²) in [6, 6.07) is 8.20. The van der Waals surface area contributed by atoms with Gasteiger partial charge in [0, 0.05) is 25.3 Å². The lowest BCUT2D eigenvalue weighted by molar-refractivity contribution is -0.116. The minimum absolute atomic E-state index is 0.0557. The Labute approximate surface area is 115 Å². The second-order valence-corrected chi connectivity index (χ2v) is 4.89. The molecule has 0 bridgehead atoms. The largest absolute Gasteiger partial charge is 0.380 e. The number of carbonyl (C=O) groups is 1. The van der Waals surface area contributed by atoms with Crippen LogP contribution in [0.4, 0.5) is 5.69 Å². The zero-order chi connectivity index (χ0) is 14.1. The molecule has 0 radical (unpaired) electrons. The number of amides is 1. The Morgan fingerprint density at radius 1 is 1.37 bits per heavy atom. The van der Waals surface area contributed by atoms with Crippen molar-refractivity contribution >= 4 is 11.6 Å². The first-order valence-corrected chi connectivity index (χ1v) is 6.73. The van der Waals surface area contributed by atoms with E-state index in [-0.39, 0.29) is 5.91 Å². The Morgan fingerprint density at radius 3 is 2.84 bits per heavy atom. The van der Waals surface area contributed by atoms with Crippen molar-refractivity contribution in [3.05, 3.63) is 29.8 Å². The summed E-state index contributed by atoms with van der Waals surface area (Å²) in [7, 11) is 1.66. The van der Waals surface area contributed by atoms with E-state index in [2.05, 4.69) is 24.5 Å². The minimum atomic E-state index is 0.0557. The van der Waals surface area contributed by atoms with Gasteiger partial charge in [-0.05, 0) is 30.7 Å². The predicted octanol–water partition coefficient (Wildman–Crippen LogP) is 2.55. The third-order valence-electron chi connectivity index (χ3n) is 2.65. The Kier molecular flexibility index (Phi) is 7.15. The van der Waals surface area contributed by atoms with Gasteiger partial charge in [-0.15, -0.1) is 0 Å². The topological polar surface area (TPSA) is 50.4 Å². The van der Waals surface area contributed by atoms with E-state index in [1.54, 1.807) is 7.11 Å². The Morgan fingerprint density at radius 2 is 2.16 bits per heavy atom. The van der Waals surface area contributed by atoms with E-state index in [1.807, 2.05) is 24.3 Å². The van der Waals surface area contributed by atoms with E-state index in [4.69, 9.17) is 4.74 Å². The van der Waals surface area contributed by atoms with Gasteiger partial charge in [-0.2, -0.15) is 0 Å². The van der Waals surface area contributed by atoms with Gasteiger partial charge in [-0.25, -0.2) is 0 Å². The Hall–Kier alpha value is -1.39. The van der Waals surface area contributed by atoms with Crippen LogP contribution in [-0.4, -0.2) is 25.6 Å². The fraction of sp³-hybridized carbons (Fsp3) is 0.533. The van der Waals surface area contributed by atoms with Crippen molar-refractivity contribution in [2.24, 2.45) is 0 Å². The van der Waals surface area contributed by atoms with Crippen molar-refractivity contribution < 1.29 is 9.53 Å². The molecule has 1 aromatic carbocycles. The van der Waals surface area contributed by atoms with E-state index in [9.17, 15) is 4.79 Å². The molecule has 0 unspecified atom stereocenters. The normalized spacial score (nSPS) is 10.7. The van der Waals surface area contributed by atoms with Crippen LogP contribution in [0.25, 0.3) is 0 Å². The van der Waals surface area contributed by atoms with Crippen LogP contribution >= 0.6 is 0 Å². The maximum absolute atomic E-state index is 11.8. The first-order valence-electron chi connectivity index (χ1n) is 6.73. The number of anilines is 1. The standard InChI is InChI=1S/C15H24N2O2/c1-12(2)16-9-5-8-15(18)17-14-7-4-6-13(10-14)11-19-3/h4,6-7,10,12,16H,5,8-9,11H2,1-3H3,(H,17,18). The highest BCUT2D eigenvalue weighted by molar-refractivity contribution is 5.90. The van der Waals surface area contributed by atoms with Crippen LogP contribution in [0.3, 0.4) is 0 Å². The molecule has 0 aliphatic carbocycles. The number of rotatable bonds is 8. The van der Waals surface area contributed by atoms with Gasteiger partial charge >= 0.3 is 0 Å². The SMILES string of the molecule is COCc1cccc(NC(=O)CCCNC(C)C)c1. The molecular weight excluding hydrogens is 240 g/mol. The second-order valence-electron chi connectivity index (χ2n) is 4.89. The van der Waals surface area contributed by atoms with Crippen molar-refractivity contribution in [3.8, 4) is 0 Å². The number of ether oxygens (including phenoxy) is 1. The van der Waals surface area contributed by atoms with Gasteiger partial charge in [0.05, 0.1) is 6.61 Å². The Balaban J connectivity index is 2.33. The number of methoxy groups -OCH3 is 1. The summed E-state index contributed by atoms with van der Waals surface area (Å²) in [5, 5.41) is 6.20. The number of carbonyl (C=O) groups excluding carboxylic acids is 1. The van der Waals surface area contributed by atoms with Gasteiger partial charge in [0.2, 0.25) is 5.91 Å². The lowest BCUT2D eigenvalue weighted by Crippen LogP contribution is -2.24. The minimum Gasteiger partial charge on any atom is -0.380 e. The van der Waals surface area contributed by atoms with Gasteiger partial charge < -0.3 is 15.4 Å². The third-order valence-corrected chi connectivity index (χ3v) is 2.65. The first kappa shape index (κ1) is 15.7. The molecule has 0 spiro atoms. The van der Waals surface area contributed by atoms with Gasteiger partial charge in [-0.1, -0.05) is 26.0 Å². The van der Waals surface area contributed by atoms with Crippen molar-refractivity contribution in [2.75, 3.05) is 19.0 Å². The fourth-order valence-electron chi connectivity index (χ4n) is 1.77. The quantitative estimate of drug-likeness (QED) is 0.709. The molecule has 4 heteroatoms. The molecule has 4 nitrogen and oxygen atoms in total. The maximum Gasteiger partial charge on any atom is 0.224 e. The zero-order valence-electron chi connectivity index (χ0n) is 12.0. The van der Waals surface area contributed by atoms with Crippen LogP contribution < -0.4 is 10.6 Å². The van der Waals surface area contributed by atoms with E-state index in [1.165, 1.54) is 0 Å². The first-order chi connectivity index (χ1) is 9.11. The van der Waals surface area contributed by atoms with E-state index >= 15 is 0 Å². The smallest absolute Gasteiger partial charge is 0.224 e. The molecule has 0 aliphatic heterocycles. The van der Waals surface area contributed by atoms with Crippen LogP contribution in [0.1, 0.15) is 32.3 Å². The summed E-state index contributed by atoms with van der Waals surface area (Å²) >= 11 is 0. The molecular formula is C15H24N2O2. The molecule has 19 heavy (non-hydrogen) atoms. The summed E-state index contributed by atoms with van der Waals surface area (Å²) in [5.41, 5.74) is 1.89. The molecule has 1 aromatic rings. The van der Waals surface area contributed by atoms with Crippen LogP contribution in [-0.2, 0) is 16.1 Å². The molecule has 1 amide bonds. The summed E-state index contributed by atoms with van der Waals surface area (Å²) in [4.78, 5) is 11.8. The van der Waals surface area contributed by atoms with Gasteiger partial charge in [-0.3, -0.25) is 4.79 Å². The Bertz CT molecular complexity index is 391. The van der Waals surface area contributed by atoms with Crippen LogP contribution in [0, 0.1) is 0 Å². The highest BCUT2D eigenvalue weighted by Gasteiger charge is 2.03. The van der Waals surface area contributed by atoms with Crippen molar-refractivity contribution in [1.29, 1.82) is 0 Å². The van der Waals surface area contributed by atoms with Crippen molar-refractivity contribution in [3.63, 3.8) is 0 Å². The van der Waals surface area contributed by atoms with Crippen LogP contribution in [0.5, 0.6) is 0 Å². The molecule has 0 heterocycles. The molecule has 0 atom stereocenters. The fourth-order valence-corrected chi connectivity index (χ4v) is 1.77. The number of nitrogens with one attached hydrogen (secondary N) is 2. The predicted molar refractivity (Wildman–Crippen MR) is 78.2 cm³/mol. The van der Waals surface area contributed by atoms with Crippen LogP contribution in [0.2, 0.25) is 0 Å². The average molecular weight is 264 g/mol. The zero-order valence-corrected chi connectivity index (χ0v) is 12.0. The molecule has 0 fully saturated rings. The number of hydrogen-bond acceptors (Lipinski definition) is 3. The molecule has 106 valence electrons. The molecule has 0 saturated heterocycles. The van der Waals surface area contributed by atoms with Crippen molar-refractivity contribution in [2.45, 2.75) is 39.3 Å².